The molecule has 0 fully saturated rings. The number of benzene rings is 2. The molecule has 4 heteroatoms. The highest BCUT2D eigenvalue weighted by Crippen LogP contribution is 2.23. The van der Waals surface area contributed by atoms with Crippen LogP contribution in [0.25, 0.3) is 0 Å². The van der Waals surface area contributed by atoms with Crippen LogP contribution in [0.5, 0.6) is 5.75 Å². The number of carbonyl (C=O) groups is 2. The average Bonchev–Trinajstić information content (AvgIpc) is 2.47. The first-order chi connectivity index (χ1) is 10.8. The Labute approximate surface area is 136 Å². The minimum Gasteiger partial charge on any atom is -0.427 e. The van der Waals surface area contributed by atoms with Gasteiger partial charge in [0.2, 0.25) is 0 Å². The van der Waals surface area contributed by atoms with Gasteiger partial charge in [0.05, 0.1) is 0 Å². The van der Waals surface area contributed by atoms with Gasteiger partial charge in [0.1, 0.15) is 5.75 Å². The Morgan fingerprint density at radius 3 is 1.96 bits per heavy atom. The summed E-state index contributed by atoms with van der Waals surface area (Å²) >= 11 is 0. The summed E-state index contributed by atoms with van der Waals surface area (Å²) < 4.78 is 4.94. The number of nitrogens with one attached hydrogen (secondary N) is 1. The standard InChI is InChI=1S/C19H21NO3/c1-13(21)23-17-11-5-14(6-12-17)18(22)20-16-9-7-15(8-10-16)19(2,3)4/h5-12H,1-4H3,(H,20,22). The molecule has 0 aliphatic carbocycles. The number of amides is 1. The Hall–Kier alpha value is -2.62. The van der Waals surface area contributed by atoms with Crippen molar-refractivity contribution in [2.24, 2.45) is 0 Å². The van der Waals surface area contributed by atoms with Gasteiger partial charge in [0.25, 0.3) is 5.91 Å². The van der Waals surface area contributed by atoms with Crippen molar-refractivity contribution in [1.82, 2.24) is 0 Å². The Morgan fingerprint density at radius 2 is 1.48 bits per heavy atom. The van der Waals surface area contributed by atoms with Crippen molar-refractivity contribution < 1.29 is 14.3 Å². The van der Waals surface area contributed by atoms with E-state index in [1.807, 2.05) is 24.3 Å². The molecule has 120 valence electrons. The topological polar surface area (TPSA) is 55.4 Å². The molecule has 0 aliphatic heterocycles. The van der Waals surface area contributed by atoms with E-state index in [-0.39, 0.29) is 17.3 Å². The molecule has 1 N–H and O–H groups in total. The van der Waals surface area contributed by atoms with Crippen LogP contribution in [0.3, 0.4) is 0 Å². The number of ether oxygens (including phenoxy) is 1. The van der Waals surface area contributed by atoms with Crippen LogP contribution in [0.2, 0.25) is 0 Å². The molecule has 0 bridgehead atoms. The van der Waals surface area contributed by atoms with E-state index < -0.39 is 0 Å². The van der Waals surface area contributed by atoms with Crippen molar-refractivity contribution in [3.63, 3.8) is 0 Å². The Morgan fingerprint density at radius 1 is 0.913 bits per heavy atom. The summed E-state index contributed by atoms with van der Waals surface area (Å²) in [6, 6.07) is 14.3. The van der Waals surface area contributed by atoms with Gasteiger partial charge in [0, 0.05) is 18.2 Å². The highest BCUT2D eigenvalue weighted by atomic mass is 16.5. The molecular formula is C19H21NO3. The summed E-state index contributed by atoms with van der Waals surface area (Å²) in [6.07, 6.45) is 0. The molecule has 0 aromatic heterocycles. The van der Waals surface area contributed by atoms with E-state index in [0.29, 0.717) is 11.3 Å². The minimum absolute atomic E-state index is 0.0785. The molecule has 1 amide bonds. The Balaban J connectivity index is 2.05. The number of carbonyl (C=O) groups excluding carboxylic acids is 2. The quantitative estimate of drug-likeness (QED) is 0.684. The molecule has 0 radical (unpaired) electrons. The highest BCUT2D eigenvalue weighted by Gasteiger charge is 2.13. The number of rotatable bonds is 3. The van der Waals surface area contributed by atoms with E-state index in [1.165, 1.54) is 12.5 Å². The second-order valence-corrected chi connectivity index (χ2v) is 6.40. The maximum absolute atomic E-state index is 12.2. The van der Waals surface area contributed by atoms with Crippen molar-refractivity contribution in [2.75, 3.05) is 5.32 Å². The molecule has 0 spiro atoms. The van der Waals surface area contributed by atoms with Crippen LogP contribution >= 0.6 is 0 Å². The summed E-state index contributed by atoms with van der Waals surface area (Å²) in [5.74, 6) is -0.174. The molecule has 4 nitrogen and oxygen atoms in total. The Bertz CT molecular complexity index is 695. The lowest BCUT2D eigenvalue weighted by atomic mass is 9.87. The van der Waals surface area contributed by atoms with Crippen LogP contribution in [0.15, 0.2) is 48.5 Å². The van der Waals surface area contributed by atoms with Crippen molar-refractivity contribution in [2.45, 2.75) is 33.1 Å². The number of hydrogen-bond acceptors (Lipinski definition) is 3. The van der Waals surface area contributed by atoms with Crippen molar-refractivity contribution in [3.05, 3.63) is 59.7 Å². The smallest absolute Gasteiger partial charge is 0.308 e. The first kappa shape index (κ1) is 16.7. The first-order valence-corrected chi connectivity index (χ1v) is 7.46. The van der Waals surface area contributed by atoms with Gasteiger partial charge in [-0.15, -0.1) is 0 Å². The molecule has 0 aliphatic rings. The highest BCUT2D eigenvalue weighted by molar-refractivity contribution is 6.04. The maximum Gasteiger partial charge on any atom is 0.308 e. The third-order valence-electron chi connectivity index (χ3n) is 3.39. The SMILES string of the molecule is CC(=O)Oc1ccc(C(=O)Nc2ccc(C(C)(C)C)cc2)cc1. The van der Waals surface area contributed by atoms with Gasteiger partial charge in [-0.1, -0.05) is 32.9 Å². The van der Waals surface area contributed by atoms with E-state index in [9.17, 15) is 9.59 Å². The van der Waals surface area contributed by atoms with Gasteiger partial charge in [-0.3, -0.25) is 9.59 Å². The van der Waals surface area contributed by atoms with E-state index in [2.05, 4.69) is 26.1 Å². The molecule has 2 aromatic carbocycles. The van der Waals surface area contributed by atoms with Crippen molar-refractivity contribution in [1.29, 1.82) is 0 Å². The monoisotopic (exact) mass is 311 g/mol. The molecule has 0 saturated heterocycles. The van der Waals surface area contributed by atoms with Gasteiger partial charge in [-0.05, 0) is 47.4 Å². The van der Waals surface area contributed by atoms with Gasteiger partial charge in [-0.25, -0.2) is 0 Å². The number of anilines is 1. The third kappa shape index (κ3) is 4.68. The van der Waals surface area contributed by atoms with E-state index in [4.69, 9.17) is 4.74 Å². The number of hydrogen-bond donors (Lipinski definition) is 1. The van der Waals surface area contributed by atoms with Gasteiger partial charge >= 0.3 is 5.97 Å². The zero-order valence-corrected chi connectivity index (χ0v) is 13.8. The normalized spacial score (nSPS) is 11.0. The minimum atomic E-state index is -0.388. The predicted molar refractivity (Wildman–Crippen MR) is 90.8 cm³/mol. The summed E-state index contributed by atoms with van der Waals surface area (Å²) in [5.41, 5.74) is 2.53. The van der Waals surface area contributed by atoms with Crippen molar-refractivity contribution in [3.8, 4) is 5.75 Å². The van der Waals surface area contributed by atoms with Crippen LogP contribution in [0, 0.1) is 0 Å². The fourth-order valence-corrected chi connectivity index (χ4v) is 2.10. The Kier molecular flexibility index (Phi) is 4.84. The lowest BCUT2D eigenvalue weighted by Crippen LogP contribution is -2.13. The van der Waals surface area contributed by atoms with E-state index in [0.717, 1.165) is 5.69 Å². The van der Waals surface area contributed by atoms with E-state index in [1.54, 1.807) is 24.3 Å². The zero-order valence-electron chi connectivity index (χ0n) is 13.8. The van der Waals surface area contributed by atoms with Crippen LogP contribution < -0.4 is 10.1 Å². The maximum atomic E-state index is 12.2. The third-order valence-corrected chi connectivity index (χ3v) is 3.39. The molecule has 2 rings (SSSR count). The number of esters is 1. The zero-order chi connectivity index (χ0) is 17.0. The van der Waals surface area contributed by atoms with Crippen molar-refractivity contribution >= 4 is 17.6 Å². The summed E-state index contributed by atoms with van der Waals surface area (Å²) in [5, 5.41) is 2.85. The van der Waals surface area contributed by atoms with Gasteiger partial charge < -0.3 is 10.1 Å². The van der Waals surface area contributed by atoms with Gasteiger partial charge in [-0.2, -0.15) is 0 Å². The first-order valence-electron chi connectivity index (χ1n) is 7.46. The molecule has 0 heterocycles. The molecule has 23 heavy (non-hydrogen) atoms. The summed E-state index contributed by atoms with van der Waals surface area (Å²) in [6.45, 7) is 7.77. The fraction of sp³-hybridized carbons (Fsp3) is 0.263. The largest absolute Gasteiger partial charge is 0.427 e. The molecule has 0 unspecified atom stereocenters. The molecule has 2 aromatic rings. The lowest BCUT2D eigenvalue weighted by Gasteiger charge is -2.19. The van der Waals surface area contributed by atoms with Crippen LogP contribution in [0.4, 0.5) is 5.69 Å². The second kappa shape index (κ2) is 6.65. The van der Waals surface area contributed by atoms with Gasteiger partial charge in [0.15, 0.2) is 0 Å². The lowest BCUT2D eigenvalue weighted by molar-refractivity contribution is -0.131. The second-order valence-electron chi connectivity index (χ2n) is 6.40. The molecule has 0 atom stereocenters. The van der Waals surface area contributed by atoms with Crippen LogP contribution in [-0.4, -0.2) is 11.9 Å². The van der Waals surface area contributed by atoms with E-state index >= 15 is 0 Å². The molecule has 0 saturated carbocycles. The summed E-state index contributed by atoms with van der Waals surface area (Å²) in [4.78, 5) is 23.1. The predicted octanol–water partition coefficient (Wildman–Crippen LogP) is 4.16. The summed E-state index contributed by atoms with van der Waals surface area (Å²) in [7, 11) is 0. The van der Waals surface area contributed by atoms with Crippen LogP contribution in [0.1, 0.15) is 43.6 Å². The fourth-order valence-electron chi connectivity index (χ4n) is 2.10. The molecular weight excluding hydrogens is 290 g/mol. The average molecular weight is 311 g/mol. The van der Waals surface area contributed by atoms with Crippen LogP contribution in [-0.2, 0) is 10.2 Å².